The van der Waals surface area contributed by atoms with E-state index >= 15 is 0 Å². The van der Waals surface area contributed by atoms with Gasteiger partial charge in [0.25, 0.3) is 5.91 Å². The van der Waals surface area contributed by atoms with Crippen LogP contribution in [0.3, 0.4) is 0 Å². The Morgan fingerprint density at radius 1 is 1.03 bits per heavy atom. The van der Waals surface area contributed by atoms with E-state index in [1.54, 1.807) is 18.2 Å². The molecule has 0 unspecified atom stereocenters. The molecule has 5 rings (SSSR count). The molecule has 1 saturated carbocycles. The fourth-order valence-corrected chi connectivity index (χ4v) is 4.65. The number of aromatic nitrogens is 3. The summed E-state index contributed by atoms with van der Waals surface area (Å²) in [5, 5.41) is 0.631. The summed E-state index contributed by atoms with van der Waals surface area (Å²) in [6, 6.07) is 4.60. The van der Waals surface area contributed by atoms with E-state index in [1.165, 1.54) is 6.33 Å². The number of carbonyl (C=O) groups is 2. The van der Waals surface area contributed by atoms with Crippen LogP contribution in [-0.2, 0) is 11.0 Å². The quantitative estimate of drug-likeness (QED) is 0.349. The van der Waals surface area contributed by atoms with Gasteiger partial charge in [-0.25, -0.2) is 19.2 Å². The van der Waals surface area contributed by atoms with Gasteiger partial charge in [0.2, 0.25) is 12.7 Å². The lowest BCUT2D eigenvalue weighted by atomic mass is 9.92. The van der Waals surface area contributed by atoms with Crippen LogP contribution in [0.4, 0.5) is 28.0 Å². The van der Waals surface area contributed by atoms with Gasteiger partial charge in [-0.1, -0.05) is 0 Å². The summed E-state index contributed by atoms with van der Waals surface area (Å²) in [4.78, 5) is 39.8. The van der Waals surface area contributed by atoms with Gasteiger partial charge < -0.3 is 9.47 Å². The first kappa shape index (κ1) is 24.7. The number of hydrogen-bond acceptors (Lipinski definition) is 7. The first-order valence-electron chi connectivity index (χ1n) is 11.5. The molecule has 13 heteroatoms. The Morgan fingerprint density at radius 3 is 2.54 bits per heavy atom. The number of benzene rings is 1. The van der Waals surface area contributed by atoms with Gasteiger partial charge in [0, 0.05) is 18.3 Å². The molecule has 37 heavy (non-hydrogen) atoms. The van der Waals surface area contributed by atoms with Crippen LogP contribution in [0.1, 0.15) is 31.2 Å². The molecule has 0 bridgehead atoms. The van der Waals surface area contributed by atoms with Crippen LogP contribution >= 0.6 is 0 Å². The molecule has 3 amide bonds. The Morgan fingerprint density at radius 2 is 1.81 bits per heavy atom. The van der Waals surface area contributed by atoms with Gasteiger partial charge in [-0.05, 0) is 43.9 Å². The van der Waals surface area contributed by atoms with Crippen LogP contribution in [0.2, 0.25) is 0 Å². The smallest absolute Gasteiger partial charge is 0.417 e. The Bertz CT molecular complexity index is 1330. The molecule has 0 atom stereocenters. The minimum atomic E-state index is -4.62. The average Bonchev–Trinajstić information content (AvgIpc) is 3.18. The second-order valence-electron chi connectivity index (χ2n) is 8.72. The molecule has 1 aromatic carbocycles. The van der Waals surface area contributed by atoms with Gasteiger partial charge in [-0.2, -0.15) is 13.2 Å². The molecule has 9 nitrogen and oxygen atoms in total. The lowest BCUT2D eigenvalue weighted by Gasteiger charge is -2.33. The van der Waals surface area contributed by atoms with E-state index in [4.69, 9.17) is 9.47 Å². The van der Waals surface area contributed by atoms with Crippen molar-refractivity contribution in [3.05, 3.63) is 48.5 Å². The standard InChI is InChI=1S/C24H21F4N5O4/c25-12-36-18-5-6-19-20(8-18)30-13-31-22(19)37-17-3-1-15(2-4-17)33-21(34)11-32(23(33)35)16-7-14(9-29-10-16)24(26,27)28/h5-10,13,15,17H,1-4,11-12H2/t15-,17-. The van der Waals surface area contributed by atoms with E-state index in [-0.39, 0.29) is 18.3 Å². The van der Waals surface area contributed by atoms with Crippen LogP contribution in [-0.4, -0.2) is 57.3 Å². The molecule has 0 spiro atoms. The molecule has 1 saturated heterocycles. The monoisotopic (exact) mass is 519 g/mol. The molecule has 1 aliphatic heterocycles. The number of fused-ring (bicyclic) bond motifs is 1. The number of ether oxygens (including phenoxy) is 2. The Balaban J connectivity index is 1.24. The molecule has 194 valence electrons. The third-order valence-corrected chi connectivity index (χ3v) is 6.44. The van der Waals surface area contributed by atoms with E-state index in [1.807, 2.05) is 0 Å². The number of halogens is 4. The number of rotatable bonds is 6. The molecule has 2 fully saturated rings. The number of imide groups is 1. The molecular formula is C24H21F4N5O4. The van der Waals surface area contributed by atoms with Crippen molar-refractivity contribution in [2.45, 2.75) is 44.0 Å². The summed E-state index contributed by atoms with van der Waals surface area (Å²) >= 11 is 0. The van der Waals surface area contributed by atoms with E-state index in [9.17, 15) is 27.2 Å². The molecule has 3 heterocycles. The maximum absolute atomic E-state index is 13.1. The summed E-state index contributed by atoms with van der Waals surface area (Å²) in [6.07, 6.45) is 0.281. The Hall–Kier alpha value is -4.03. The second-order valence-corrected chi connectivity index (χ2v) is 8.72. The molecule has 2 aliphatic rings. The maximum atomic E-state index is 13.1. The highest BCUT2D eigenvalue weighted by Gasteiger charge is 2.43. The van der Waals surface area contributed by atoms with Crippen molar-refractivity contribution in [3.63, 3.8) is 0 Å². The molecule has 3 aromatic rings. The highest BCUT2D eigenvalue weighted by Crippen LogP contribution is 2.34. The first-order valence-corrected chi connectivity index (χ1v) is 11.5. The minimum Gasteiger partial charge on any atom is -0.474 e. The second kappa shape index (κ2) is 9.79. The Labute approximate surface area is 208 Å². The van der Waals surface area contributed by atoms with Gasteiger partial charge in [0.05, 0.1) is 28.4 Å². The number of hydrogen-bond donors (Lipinski definition) is 0. The van der Waals surface area contributed by atoms with E-state index in [0.717, 1.165) is 22.1 Å². The number of nitrogens with zero attached hydrogens (tertiary/aromatic N) is 5. The van der Waals surface area contributed by atoms with Crippen LogP contribution in [0.5, 0.6) is 11.6 Å². The van der Waals surface area contributed by atoms with Crippen molar-refractivity contribution >= 4 is 28.5 Å². The first-order chi connectivity index (χ1) is 17.7. The predicted molar refractivity (Wildman–Crippen MR) is 122 cm³/mol. The third kappa shape index (κ3) is 4.98. The fourth-order valence-electron chi connectivity index (χ4n) is 4.65. The molecule has 2 aromatic heterocycles. The van der Waals surface area contributed by atoms with Crippen molar-refractivity contribution in [1.82, 2.24) is 19.9 Å². The lowest BCUT2D eigenvalue weighted by molar-refractivity contribution is -0.137. The van der Waals surface area contributed by atoms with Crippen LogP contribution in [0, 0.1) is 0 Å². The summed E-state index contributed by atoms with van der Waals surface area (Å²) in [5.41, 5.74) is -0.546. The van der Waals surface area contributed by atoms with Gasteiger partial charge in [-0.3, -0.25) is 19.6 Å². The van der Waals surface area contributed by atoms with Crippen molar-refractivity contribution in [2.75, 3.05) is 18.3 Å². The summed E-state index contributed by atoms with van der Waals surface area (Å²) in [5.74, 6) is 0.215. The number of carbonyl (C=O) groups excluding carboxylic acids is 2. The highest BCUT2D eigenvalue weighted by molar-refractivity contribution is 6.12. The zero-order chi connectivity index (χ0) is 26.2. The fraction of sp³-hybridized carbons (Fsp3) is 0.375. The van der Waals surface area contributed by atoms with E-state index in [0.29, 0.717) is 54.4 Å². The van der Waals surface area contributed by atoms with Crippen LogP contribution in [0.25, 0.3) is 10.9 Å². The molecule has 1 aliphatic carbocycles. The van der Waals surface area contributed by atoms with Crippen LogP contribution < -0.4 is 14.4 Å². The summed E-state index contributed by atoms with van der Waals surface area (Å²) in [7, 11) is 0. The zero-order valence-electron chi connectivity index (χ0n) is 19.3. The van der Waals surface area contributed by atoms with Crippen molar-refractivity contribution in [3.8, 4) is 11.6 Å². The van der Waals surface area contributed by atoms with Crippen LogP contribution in [0.15, 0.2) is 43.0 Å². The topological polar surface area (TPSA) is 97.8 Å². The Kier molecular flexibility index (Phi) is 6.52. The number of alkyl halides is 4. The van der Waals surface area contributed by atoms with E-state index in [2.05, 4.69) is 15.0 Å². The van der Waals surface area contributed by atoms with E-state index < -0.39 is 36.6 Å². The van der Waals surface area contributed by atoms with Crippen molar-refractivity contribution in [2.24, 2.45) is 0 Å². The number of urea groups is 1. The lowest BCUT2D eigenvalue weighted by Crippen LogP contribution is -2.44. The van der Waals surface area contributed by atoms with Crippen molar-refractivity contribution in [1.29, 1.82) is 0 Å². The van der Waals surface area contributed by atoms with Gasteiger partial charge in [0.1, 0.15) is 24.7 Å². The van der Waals surface area contributed by atoms with Gasteiger partial charge >= 0.3 is 12.2 Å². The average molecular weight is 519 g/mol. The zero-order valence-corrected chi connectivity index (χ0v) is 19.3. The van der Waals surface area contributed by atoms with Gasteiger partial charge in [0.15, 0.2) is 0 Å². The largest absolute Gasteiger partial charge is 0.474 e. The maximum Gasteiger partial charge on any atom is 0.417 e. The molecular weight excluding hydrogens is 498 g/mol. The molecule has 0 N–H and O–H groups in total. The summed E-state index contributed by atoms with van der Waals surface area (Å²) in [6.45, 7) is -1.31. The van der Waals surface area contributed by atoms with Crippen molar-refractivity contribution < 1.29 is 36.6 Å². The SMILES string of the molecule is O=C1CN(c2cncc(C(F)(F)F)c2)C(=O)N1[C@H]1CC[C@H](Oc2ncnc3cc(OCF)ccc23)CC1. The predicted octanol–water partition coefficient (Wildman–Crippen LogP) is 4.51. The normalized spacial score (nSPS) is 20.5. The van der Waals surface area contributed by atoms with Gasteiger partial charge in [-0.15, -0.1) is 0 Å². The summed E-state index contributed by atoms with van der Waals surface area (Å²) < 4.78 is 62.6. The number of amides is 3. The molecule has 0 radical (unpaired) electrons. The minimum absolute atomic E-state index is 0.0802. The highest BCUT2D eigenvalue weighted by atomic mass is 19.4. The third-order valence-electron chi connectivity index (χ3n) is 6.44. The number of anilines is 1. The number of pyridine rings is 1.